The number of piperazine rings is 1. The van der Waals surface area contributed by atoms with Crippen LogP contribution in [-0.2, 0) is 0 Å². The number of rotatable bonds is 7. The van der Waals surface area contributed by atoms with Crippen molar-refractivity contribution in [2.75, 3.05) is 45.8 Å². The normalized spacial score (nSPS) is 22.9. The van der Waals surface area contributed by atoms with E-state index in [1.807, 2.05) is 0 Å². The molecule has 3 nitrogen and oxygen atoms in total. The summed E-state index contributed by atoms with van der Waals surface area (Å²) in [5.74, 6) is 0. The monoisotopic (exact) mass is 237 g/mol. The van der Waals surface area contributed by atoms with E-state index in [9.17, 15) is 0 Å². The summed E-state index contributed by atoms with van der Waals surface area (Å²) in [5.41, 5.74) is 1.35. The first kappa shape index (κ1) is 13.1. The molecule has 0 spiro atoms. The Hall–Kier alpha value is -0.380. The molecule has 98 valence electrons. The van der Waals surface area contributed by atoms with Gasteiger partial charge in [0.15, 0.2) is 0 Å². The predicted octanol–water partition coefficient (Wildman–Crippen LogP) is 1.32. The van der Waals surface area contributed by atoms with Crippen LogP contribution < -0.4 is 5.32 Å². The van der Waals surface area contributed by atoms with Gasteiger partial charge in [0.05, 0.1) is 0 Å². The summed E-state index contributed by atoms with van der Waals surface area (Å²) in [4.78, 5) is 5.12. The third-order valence-corrected chi connectivity index (χ3v) is 3.67. The van der Waals surface area contributed by atoms with Crippen molar-refractivity contribution in [1.82, 2.24) is 15.1 Å². The van der Waals surface area contributed by atoms with Crippen molar-refractivity contribution in [3.63, 3.8) is 0 Å². The maximum absolute atomic E-state index is 4.19. The molecule has 17 heavy (non-hydrogen) atoms. The number of nitrogens with one attached hydrogen (secondary N) is 1. The molecule has 2 rings (SSSR count). The van der Waals surface area contributed by atoms with Crippen LogP contribution in [0.1, 0.15) is 26.2 Å². The molecule has 1 N–H and O–H groups in total. The van der Waals surface area contributed by atoms with Gasteiger partial charge in [0.1, 0.15) is 0 Å². The van der Waals surface area contributed by atoms with Crippen molar-refractivity contribution in [1.29, 1.82) is 0 Å². The molecule has 0 amide bonds. The van der Waals surface area contributed by atoms with E-state index in [0.29, 0.717) is 0 Å². The van der Waals surface area contributed by atoms with Crippen molar-refractivity contribution < 1.29 is 0 Å². The SMILES string of the molecule is C=C(CNC1CC1)CN1CCN(CCC)CC1. The van der Waals surface area contributed by atoms with Gasteiger partial charge in [-0.3, -0.25) is 4.90 Å². The van der Waals surface area contributed by atoms with Crippen LogP contribution in [0.2, 0.25) is 0 Å². The summed E-state index contributed by atoms with van der Waals surface area (Å²) in [7, 11) is 0. The summed E-state index contributed by atoms with van der Waals surface area (Å²) in [6.45, 7) is 14.7. The molecule has 1 heterocycles. The Labute approximate surface area is 106 Å². The molecule has 0 aromatic heterocycles. The molecule has 0 atom stereocenters. The highest BCUT2D eigenvalue weighted by atomic mass is 15.3. The second kappa shape index (κ2) is 6.53. The zero-order valence-corrected chi connectivity index (χ0v) is 11.2. The highest BCUT2D eigenvalue weighted by Gasteiger charge is 2.21. The molecule has 2 fully saturated rings. The second-order valence-electron chi connectivity index (χ2n) is 5.52. The molecule has 0 aromatic carbocycles. The van der Waals surface area contributed by atoms with E-state index >= 15 is 0 Å². The van der Waals surface area contributed by atoms with Gasteiger partial charge in [0.25, 0.3) is 0 Å². The molecule has 1 saturated carbocycles. The summed E-state index contributed by atoms with van der Waals surface area (Å²) >= 11 is 0. The zero-order valence-electron chi connectivity index (χ0n) is 11.2. The molecule has 2 aliphatic rings. The first-order valence-corrected chi connectivity index (χ1v) is 7.12. The Morgan fingerprint density at radius 3 is 2.41 bits per heavy atom. The standard InChI is InChI=1S/C14H27N3/c1-3-6-16-7-9-17(10-8-16)12-13(2)11-15-14-4-5-14/h14-15H,2-12H2,1H3. The van der Waals surface area contributed by atoms with Crippen LogP contribution in [-0.4, -0.2) is 61.7 Å². The Balaban J connectivity index is 1.58. The van der Waals surface area contributed by atoms with Crippen LogP contribution in [0.4, 0.5) is 0 Å². The van der Waals surface area contributed by atoms with Gasteiger partial charge in [-0.2, -0.15) is 0 Å². The highest BCUT2D eigenvalue weighted by molar-refractivity contribution is 5.02. The van der Waals surface area contributed by atoms with Gasteiger partial charge >= 0.3 is 0 Å². The maximum atomic E-state index is 4.19. The molecule has 0 radical (unpaired) electrons. The highest BCUT2D eigenvalue weighted by Crippen LogP contribution is 2.18. The fraction of sp³-hybridized carbons (Fsp3) is 0.857. The van der Waals surface area contributed by atoms with E-state index in [1.165, 1.54) is 57.6 Å². The average Bonchev–Trinajstić information content (AvgIpc) is 3.13. The predicted molar refractivity (Wildman–Crippen MR) is 73.3 cm³/mol. The summed E-state index contributed by atoms with van der Waals surface area (Å²) in [6, 6.07) is 0.799. The van der Waals surface area contributed by atoms with E-state index in [0.717, 1.165) is 19.1 Å². The molecular formula is C14H27N3. The number of hydrogen-bond acceptors (Lipinski definition) is 3. The Morgan fingerprint density at radius 2 is 1.82 bits per heavy atom. The molecule has 0 bridgehead atoms. The smallest absolute Gasteiger partial charge is 0.0203 e. The van der Waals surface area contributed by atoms with E-state index in [4.69, 9.17) is 0 Å². The van der Waals surface area contributed by atoms with Crippen LogP contribution >= 0.6 is 0 Å². The van der Waals surface area contributed by atoms with Crippen molar-refractivity contribution >= 4 is 0 Å². The molecular weight excluding hydrogens is 210 g/mol. The molecule has 1 aliphatic carbocycles. The first-order valence-electron chi connectivity index (χ1n) is 7.12. The summed E-state index contributed by atoms with van der Waals surface area (Å²) in [6.07, 6.45) is 4.00. The van der Waals surface area contributed by atoms with Crippen molar-refractivity contribution in [3.8, 4) is 0 Å². The van der Waals surface area contributed by atoms with Gasteiger partial charge < -0.3 is 10.2 Å². The minimum Gasteiger partial charge on any atom is -0.310 e. The van der Waals surface area contributed by atoms with Gasteiger partial charge in [-0.05, 0) is 31.4 Å². The molecule has 0 unspecified atom stereocenters. The topological polar surface area (TPSA) is 18.5 Å². The first-order chi connectivity index (χ1) is 8.28. The van der Waals surface area contributed by atoms with Crippen molar-refractivity contribution in [3.05, 3.63) is 12.2 Å². The minimum atomic E-state index is 0.799. The van der Waals surface area contributed by atoms with E-state index in [1.54, 1.807) is 0 Å². The van der Waals surface area contributed by atoms with Crippen molar-refractivity contribution in [2.24, 2.45) is 0 Å². The van der Waals surface area contributed by atoms with Crippen molar-refractivity contribution in [2.45, 2.75) is 32.2 Å². The summed E-state index contributed by atoms with van der Waals surface area (Å²) < 4.78 is 0. The molecule has 3 heteroatoms. The number of hydrogen-bond donors (Lipinski definition) is 1. The van der Waals surface area contributed by atoms with Gasteiger partial charge in [0, 0.05) is 45.3 Å². The van der Waals surface area contributed by atoms with Crippen LogP contribution in [0.3, 0.4) is 0 Å². The van der Waals surface area contributed by atoms with Gasteiger partial charge in [0.2, 0.25) is 0 Å². The summed E-state index contributed by atoms with van der Waals surface area (Å²) in [5, 5.41) is 3.54. The van der Waals surface area contributed by atoms with Gasteiger partial charge in [-0.15, -0.1) is 0 Å². The van der Waals surface area contributed by atoms with Crippen LogP contribution in [0.5, 0.6) is 0 Å². The second-order valence-corrected chi connectivity index (χ2v) is 5.52. The molecule has 1 aliphatic heterocycles. The molecule has 0 aromatic rings. The van der Waals surface area contributed by atoms with Crippen LogP contribution in [0, 0.1) is 0 Å². The lowest BCUT2D eigenvalue weighted by Gasteiger charge is -2.34. The maximum Gasteiger partial charge on any atom is 0.0203 e. The van der Waals surface area contributed by atoms with E-state index < -0.39 is 0 Å². The fourth-order valence-electron chi connectivity index (χ4n) is 2.44. The third kappa shape index (κ3) is 4.78. The third-order valence-electron chi connectivity index (χ3n) is 3.67. The Bertz CT molecular complexity index is 240. The van der Waals surface area contributed by atoms with E-state index in [2.05, 4.69) is 28.6 Å². The molecule has 1 saturated heterocycles. The Kier molecular flexibility index (Phi) is 5.01. The quantitative estimate of drug-likeness (QED) is 0.674. The van der Waals surface area contributed by atoms with E-state index in [-0.39, 0.29) is 0 Å². The largest absolute Gasteiger partial charge is 0.310 e. The number of nitrogens with zero attached hydrogens (tertiary/aromatic N) is 2. The van der Waals surface area contributed by atoms with Gasteiger partial charge in [-0.25, -0.2) is 0 Å². The van der Waals surface area contributed by atoms with Crippen LogP contribution in [0.15, 0.2) is 12.2 Å². The Morgan fingerprint density at radius 1 is 1.18 bits per heavy atom. The fourth-order valence-corrected chi connectivity index (χ4v) is 2.44. The minimum absolute atomic E-state index is 0.799. The lowest BCUT2D eigenvalue weighted by atomic mass is 10.2. The van der Waals surface area contributed by atoms with Crippen LogP contribution in [0.25, 0.3) is 0 Å². The average molecular weight is 237 g/mol. The zero-order chi connectivity index (χ0) is 12.1. The lowest BCUT2D eigenvalue weighted by Crippen LogP contribution is -2.47. The van der Waals surface area contributed by atoms with Gasteiger partial charge in [-0.1, -0.05) is 13.5 Å². The lowest BCUT2D eigenvalue weighted by molar-refractivity contribution is 0.140.